The minimum atomic E-state index is -0.0928. The van der Waals surface area contributed by atoms with Crippen molar-refractivity contribution in [2.24, 2.45) is 0 Å². The highest BCUT2D eigenvalue weighted by Crippen LogP contribution is 2.25. The van der Waals surface area contributed by atoms with E-state index >= 15 is 0 Å². The Morgan fingerprint density at radius 2 is 2.06 bits per heavy atom. The van der Waals surface area contributed by atoms with Crippen LogP contribution in [-0.2, 0) is 0 Å². The largest absolute Gasteiger partial charge is 0.370 e. The van der Waals surface area contributed by atoms with Crippen molar-refractivity contribution in [3.8, 4) is 0 Å². The molecule has 0 bridgehead atoms. The number of aryl methyl sites for hydroxylation is 1. The lowest BCUT2D eigenvalue weighted by atomic mass is 10.0. The molecule has 18 heavy (non-hydrogen) atoms. The average molecular weight is 248 g/mol. The fourth-order valence-corrected chi connectivity index (χ4v) is 2.71. The van der Waals surface area contributed by atoms with Crippen LogP contribution in [0.2, 0.25) is 0 Å². The molecule has 1 aromatic rings. The summed E-state index contributed by atoms with van der Waals surface area (Å²) < 4.78 is 13.6. The van der Waals surface area contributed by atoms with E-state index < -0.39 is 0 Å². The monoisotopic (exact) mass is 248 g/mol. The summed E-state index contributed by atoms with van der Waals surface area (Å²) in [6, 6.07) is 6.93. The van der Waals surface area contributed by atoms with Crippen LogP contribution in [0.1, 0.15) is 31.2 Å². The summed E-state index contributed by atoms with van der Waals surface area (Å²) in [7, 11) is 0. The van der Waals surface area contributed by atoms with Crippen LogP contribution in [0, 0.1) is 12.7 Å². The summed E-state index contributed by atoms with van der Waals surface area (Å²) in [5.74, 6) is -0.0928. The van der Waals surface area contributed by atoms with E-state index in [9.17, 15) is 4.39 Å². The number of anilines is 1. The van der Waals surface area contributed by atoms with Gasteiger partial charge in [-0.15, -0.1) is 0 Å². The lowest BCUT2D eigenvalue weighted by Gasteiger charge is -2.35. The predicted octanol–water partition coefficient (Wildman–Crippen LogP) is 2.85. The van der Waals surface area contributed by atoms with Gasteiger partial charge in [0.2, 0.25) is 0 Å². The summed E-state index contributed by atoms with van der Waals surface area (Å²) >= 11 is 0. The zero-order chi connectivity index (χ0) is 12.5. The highest BCUT2D eigenvalue weighted by atomic mass is 19.1. The standard InChI is InChI=1S/C15H21FN2/c1-11-4-7-14(9-15(11)16)18-8-2-3-13(10-18)17-12-5-6-12/h4,7,9,12-13,17H,2-3,5-6,8,10H2,1H3. The van der Waals surface area contributed by atoms with Crippen LogP contribution in [0.15, 0.2) is 18.2 Å². The molecule has 2 fully saturated rings. The zero-order valence-corrected chi connectivity index (χ0v) is 11.0. The van der Waals surface area contributed by atoms with Crippen LogP contribution in [0.5, 0.6) is 0 Å². The first-order chi connectivity index (χ1) is 8.72. The fourth-order valence-electron chi connectivity index (χ4n) is 2.71. The highest BCUT2D eigenvalue weighted by Gasteiger charge is 2.27. The van der Waals surface area contributed by atoms with Crippen LogP contribution in [0.4, 0.5) is 10.1 Å². The van der Waals surface area contributed by atoms with Crippen LogP contribution in [-0.4, -0.2) is 25.2 Å². The maximum absolute atomic E-state index is 13.6. The Morgan fingerprint density at radius 3 is 2.78 bits per heavy atom. The molecule has 1 saturated carbocycles. The number of halogens is 1. The number of nitrogens with one attached hydrogen (secondary N) is 1. The van der Waals surface area contributed by atoms with Crippen molar-refractivity contribution in [1.82, 2.24) is 5.32 Å². The molecule has 1 saturated heterocycles. The molecule has 1 unspecified atom stereocenters. The van der Waals surface area contributed by atoms with Gasteiger partial charge in [0.05, 0.1) is 0 Å². The van der Waals surface area contributed by atoms with Crippen molar-refractivity contribution in [1.29, 1.82) is 0 Å². The first kappa shape index (κ1) is 12.0. The Labute approximate surface area is 108 Å². The van der Waals surface area contributed by atoms with E-state index in [4.69, 9.17) is 0 Å². The Morgan fingerprint density at radius 1 is 1.22 bits per heavy atom. The molecule has 3 heteroatoms. The molecule has 2 nitrogen and oxygen atoms in total. The average Bonchev–Trinajstić information content (AvgIpc) is 3.17. The molecular weight excluding hydrogens is 227 g/mol. The van der Waals surface area contributed by atoms with E-state index in [0.717, 1.165) is 30.4 Å². The van der Waals surface area contributed by atoms with Gasteiger partial charge < -0.3 is 10.2 Å². The molecule has 2 aliphatic rings. The van der Waals surface area contributed by atoms with Crippen LogP contribution >= 0.6 is 0 Å². The molecule has 0 spiro atoms. The first-order valence-corrected chi connectivity index (χ1v) is 6.99. The Balaban J connectivity index is 1.68. The van der Waals surface area contributed by atoms with Crippen molar-refractivity contribution in [2.75, 3.05) is 18.0 Å². The number of piperidine rings is 1. The van der Waals surface area contributed by atoms with Crippen LogP contribution < -0.4 is 10.2 Å². The second kappa shape index (κ2) is 4.88. The lowest BCUT2D eigenvalue weighted by molar-refractivity contribution is 0.420. The molecule has 0 aromatic heterocycles. The van der Waals surface area contributed by atoms with Gasteiger partial charge in [-0.25, -0.2) is 4.39 Å². The second-order valence-corrected chi connectivity index (χ2v) is 5.66. The van der Waals surface area contributed by atoms with E-state index in [-0.39, 0.29) is 5.82 Å². The quantitative estimate of drug-likeness (QED) is 0.885. The van der Waals surface area contributed by atoms with Gasteiger partial charge in [-0.1, -0.05) is 6.07 Å². The minimum Gasteiger partial charge on any atom is -0.370 e. The van der Waals surface area contributed by atoms with Gasteiger partial charge in [0.25, 0.3) is 0 Å². The third kappa shape index (κ3) is 2.66. The van der Waals surface area contributed by atoms with Crippen molar-refractivity contribution < 1.29 is 4.39 Å². The van der Waals surface area contributed by atoms with Gasteiger partial charge in [-0.3, -0.25) is 0 Å². The molecule has 1 N–H and O–H groups in total. The Bertz CT molecular complexity index is 429. The molecule has 1 aliphatic heterocycles. The predicted molar refractivity (Wildman–Crippen MR) is 72.5 cm³/mol. The molecule has 1 aromatic carbocycles. The number of hydrogen-bond acceptors (Lipinski definition) is 2. The zero-order valence-electron chi connectivity index (χ0n) is 11.0. The Kier molecular flexibility index (Phi) is 3.25. The Hall–Kier alpha value is -1.09. The molecule has 1 heterocycles. The van der Waals surface area contributed by atoms with E-state index in [1.807, 2.05) is 19.1 Å². The van der Waals surface area contributed by atoms with Gasteiger partial charge >= 0.3 is 0 Å². The number of rotatable bonds is 3. The molecule has 98 valence electrons. The molecule has 3 rings (SSSR count). The van der Waals surface area contributed by atoms with Gasteiger partial charge in [0.15, 0.2) is 0 Å². The minimum absolute atomic E-state index is 0.0928. The summed E-state index contributed by atoms with van der Waals surface area (Å²) in [6.45, 7) is 3.87. The summed E-state index contributed by atoms with van der Waals surface area (Å²) in [6.07, 6.45) is 5.10. The number of nitrogens with zero attached hydrogens (tertiary/aromatic N) is 1. The summed E-state index contributed by atoms with van der Waals surface area (Å²) in [4.78, 5) is 2.31. The van der Waals surface area contributed by atoms with Gasteiger partial charge in [-0.05, 0) is 50.3 Å². The third-order valence-corrected chi connectivity index (χ3v) is 3.99. The fraction of sp³-hybridized carbons (Fsp3) is 0.600. The smallest absolute Gasteiger partial charge is 0.128 e. The van der Waals surface area contributed by atoms with Crippen molar-refractivity contribution in [2.45, 2.75) is 44.7 Å². The van der Waals surface area contributed by atoms with Crippen molar-refractivity contribution in [3.05, 3.63) is 29.6 Å². The molecule has 1 aliphatic carbocycles. The first-order valence-electron chi connectivity index (χ1n) is 6.99. The lowest BCUT2D eigenvalue weighted by Crippen LogP contribution is -2.46. The molecule has 0 amide bonds. The van der Waals surface area contributed by atoms with Crippen molar-refractivity contribution in [3.63, 3.8) is 0 Å². The van der Waals surface area contributed by atoms with Crippen LogP contribution in [0.25, 0.3) is 0 Å². The second-order valence-electron chi connectivity index (χ2n) is 5.66. The summed E-state index contributed by atoms with van der Waals surface area (Å²) in [5.41, 5.74) is 1.75. The highest BCUT2D eigenvalue weighted by molar-refractivity contribution is 5.48. The SMILES string of the molecule is Cc1ccc(N2CCCC(NC3CC3)C2)cc1F. The van der Waals surface area contributed by atoms with Crippen molar-refractivity contribution >= 4 is 5.69 Å². The summed E-state index contributed by atoms with van der Waals surface area (Å²) in [5, 5.41) is 3.68. The van der Waals surface area contributed by atoms with E-state index in [1.54, 1.807) is 6.07 Å². The van der Waals surface area contributed by atoms with Gasteiger partial charge in [0, 0.05) is 30.9 Å². The van der Waals surface area contributed by atoms with Gasteiger partial charge in [-0.2, -0.15) is 0 Å². The molecular formula is C15H21FN2. The van der Waals surface area contributed by atoms with E-state index in [2.05, 4.69) is 10.2 Å². The topological polar surface area (TPSA) is 15.3 Å². The molecule has 0 radical (unpaired) electrons. The van der Waals surface area contributed by atoms with Crippen LogP contribution in [0.3, 0.4) is 0 Å². The maximum Gasteiger partial charge on any atom is 0.128 e. The third-order valence-electron chi connectivity index (χ3n) is 3.99. The van der Waals surface area contributed by atoms with E-state index in [0.29, 0.717) is 6.04 Å². The molecule has 1 atom stereocenters. The normalized spacial score (nSPS) is 24.3. The van der Waals surface area contributed by atoms with Gasteiger partial charge in [0.1, 0.15) is 5.82 Å². The maximum atomic E-state index is 13.6. The number of hydrogen-bond donors (Lipinski definition) is 1. The van der Waals surface area contributed by atoms with E-state index in [1.165, 1.54) is 25.7 Å². The number of benzene rings is 1.